The molecule has 0 aromatic heterocycles. The Bertz CT molecular complexity index is 673. The number of nitrogens with one attached hydrogen (secondary N) is 1. The van der Waals surface area contributed by atoms with Crippen LogP contribution in [0.5, 0.6) is 0 Å². The van der Waals surface area contributed by atoms with Gasteiger partial charge >= 0.3 is 0 Å². The van der Waals surface area contributed by atoms with Gasteiger partial charge in [-0.15, -0.1) is 0 Å². The third-order valence-electron chi connectivity index (χ3n) is 4.33. The minimum atomic E-state index is -3.11. The van der Waals surface area contributed by atoms with Crippen LogP contribution in [0.4, 0.5) is 0 Å². The van der Waals surface area contributed by atoms with Gasteiger partial charge in [0, 0.05) is 39.8 Å². The van der Waals surface area contributed by atoms with Crippen molar-refractivity contribution < 1.29 is 8.42 Å². The Morgan fingerprint density at radius 3 is 2.67 bits per heavy atom. The van der Waals surface area contributed by atoms with Crippen LogP contribution in [0, 0.1) is 0 Å². The Labute approximate surface area is 145 Å². The molecule has 0 atom stereocenters. The minimum absolute atomic E-state index is 0.510. The van der Waals surface area contributed by atoms with Crippen LogP contribution in [-0.2, 0) is 23.0 Å². The smallest absolute Gasteiger partial charge is 0.211 e. The summed E-state index contributed by atoms with van der Waals surface area (Å²) in [5.41, 5.74) is 2.76. The first-order valence-electron chi connectivity index (χ1n) is 8.43. The fourth-order valence-corrected chi connectivity index (χ4v) is 3.95. The average Bonchev–Trinajstić information content (AvgIpc) is 2.56. The van der Waals surface area contributed by atoms with Crippen LogP contribution in [0.15, 0.2) is 29.3 Å². The van der Waals surface area contributed by atoms with E-state index in [1.165, 1.54) is 21.7 Å². The molecule has 6 nitrogen and oxygen atoms in total. The molecular weight excluding hydrogens is 324 g/mol. The molecule has 0 saturated heterocycles. The lowest BCUT2D eigenvalue weighted by molar-refractivity contribution is 0.375. The summed E-state index contributed by atoms with van der Waals surface area (Å²) in [5, 5.41) is 3.36. The van der Waals surface area contributed by atoms with Gasteiger partial charge in [-0.3, -0.25) is 4.99 Å². The number of rotatable bonds is 6. The summed E-state index contributed by atoms with van der Waals surface area (Å²) < 4.78 is 24.7. The minimum Gasteiger partial charge on any atom is -0.356 e. The highest BCUT2D eigenvalue weighted by molar-refractivity contribution is 7.88. The standard InChI is InChI=1S/C17H28N4O2S/c1-4-21(24(3,22)23)12-7-11-19-17(18-2)20-13-10-15-8-5-6-9-16(15)14-20/h5-6,8-9H,4,7,10-14H2,1-3H3,(H,18,19). The van der Waals surface area contributed by atoms with E-state index in [2.05, 4.69) is 39.5 Å². The lowest BCUT2D eigenvalue weighted by Gasteiger charge is -2.31. The van der Waals surface area contributed by atoms with Gasteiger partial charge in [0.2, 0.25) is 10.0 Å². The molecule has 0 unspecified atom stereocenters. The van der Waals surface area contributed by atoms with E-state index >= 15 is 0 Å². The van der Waals surface area contributed by atoms with Gasteiger partial charge in [-0.2, -0.15) is 0 Å². The van der Waals surface area contributed by atoms with E-state index in [0.29, 0.717) is 19.6 Å². The van der Waals surface area contributed by atoms with Crippen molar-refractivity contribution in [2.24, 2.45) is 4.99 Å². The summed E-state index contributed by atoms with van der Waals surface area (Å²) >= 11 is 0. The summed E-state index contributed by atoms with van der Waals surface area (Å²) in [7, 11) is -1.32. The van der Waals surface area contributed by atoms with Gasteiger partial charge in [0.15, 0.2) is 5.96 Å². The van der Waals surface area contributed by atoms with Crippen molar-refractivity contribution in [3.8, 4) is 0 Å². The first-order chi connectivity index (χ1) is 11.5. The molecule has 1 aromatic carbocycles. The van der Waals surface area contributed by atoms with Gasteiger partial charge in [-0.1, -0.05) is 31.2 Å². The summed E-state index contributed by atoms with van der Waals surface area (Å²) in [4.78, 5) is 6.62. The number of benzene rings is 1. The summed E-state index contributed by atoms with van der Waals surface area (Å²) in [5.74, 6) is 0.881. The summed E-state index contributed by atoms with van der Waals surface area (Å²) in [6.45, 7) is 5.41. The molecule has 7 heteroatoms. The highest BCUT2D eigenvalue weighted by Gasteiger charge is 2.18. The van der Waals surface area contributed by atoms with Crippen LogP contribution in [0.1, 0.15) is 24.5 Å². The highest BCUT2D eigenvalue weighted by Crippen LogP contribution is 2.18. The van der Waals surface area contributed by atoms with Crippen molar-refractivity contribution in [2.45, 2.75) is 26.3 Å². The zero-order valence-corrected chi connectivity index (χ0v) is 15.6. The second-order valence-electron chi connectivity index (χ2n) is 6.02. The largest absolute Gasteiger partial charge is 0.356 e. The Balaban J connectivity index is 1.84. The molecule has 0 radical (unpaired) electrons. The molecule has 24 heavy (non-hydrogen) atoms. The van der Waals surface area contributed by atoms with E-state index in [9.17, 15) is 8.42 Å². The molecule has 0 bridgehead atoms. The first kappa shape index (κ1) is 18.7. The summed E-state index contributed by atoms with van der Waals surface area (Å²) in [6, 6.07) is 8.51. The topological polar surface area (TPSA) is 65.0 Å². The zero-order chi connectivity index (χ0) is 17.6. The molecule has 0 aliphatic carbocycles. The highest BCUT2D eigenvalue weighted by atomic mass is 32.2. The molecule has 134 valence electrons. The van der Waals surface area contributed by atoms with Crippen molar-refractivity contribution in [3.63, 3.8) is 0 Å². The van der Waals surface area contributed by atoms with Crippen LogP contribution in [0.25, 0.3) is 0 Å². The fourth-order valence-electron chi connectivity index (χ4n) is 3.02. The van der Waals surface area contributed by atoms with Gasteiger partial charge in [0.05, 0.1) is 6.26 Å². The predicted octanol–water partition coefficient (Wildman–Crippen LogP) is 1.29. The van der Waals surface area contributed by atoms with Crippen molar-refractivity contribution >= 4 is 16.0 Å². The maximum Gasteiger partial charge on any atom is 0.211 e. The molecule has 1 heterocycles. The second-order valence-corrected chi connectivity index (χ2v) is 8.00. The van der Waals surface area contributed by atoms with Gasteiger partial charge in [-0.05, 0) is 24.0 Å². The number of nitrogens with zero attached hydrogens (tertiary/aromatic N) is 3. The molecular formula is C17H28N4O2S. The Hall–Kier alpha value is -1.60. The maximum absolute atomic E-state index is 11.6. The molecule has 2 rings (SSSR count). The van der Waals surface area contributed by atoms with E-state index in [-0.39, 0.29) is 0 Å². The summed E-state index contributed by atoms with van der Waals surface area (Å²) in [6.07, 6.45) is 3.03. The number of fused-ring (bicyclic) bond motifs is 1. The number of guanidine groups is 1. The third kappa shape index (κ3) is 4.95. The van der Waals surface area contributed by atoms with E-state index < -0.39 is 10.0 Å². The van der Waals surface area contributed by atoms with E-state index in [4.69, 9.17) is 0 Å². The lowest BCUT2D eigenvalue weighted by atomic mass is 10.0. The molecule has 1 N–H and O–H groups in total. The number of hydrogen-bond donors (Lipinski definition) is 1. The van der Waals surface area contributed by atoms with E-state index in [1.54, 1.807) is 7.05 Å². The number of hydrogen-bond acceptors (Lipinski definition) is 3. The van der Waals surface area contributed by atoms with Crippen LogP contribution >= 0.6 is 0 Å². The maximum atomic E-state index is 11.6. The quantitative estimate of drug-likeness (QED) is 0.476. The van der Waals surface area contributed by atoms with E-state index in [1.807, 2.05) is 6.92 Å². The van der Waals surface area contributed by atoms with Gasteiger partial charge in [0.1, 0.15) is 0 Å². The van der Waals surface area contributed by atoms with Crippen molar-refractivity contribution in [2.75, 3.05) is 39.5 Å². The third-order valence-corrected chi connectivity index (χ3v) is 5.71. The Kier molecular flexibility index (Phi) is 6.62. The predicted molar refractivity (Wildman–Crippen MR) is 98.6 cm³/mol. The molecule has 1 aromatic rings. The average molecular weight is 353 g/mol. The molecule has 1 aliphatic rings. The van der Waals surface area contributed by atoms with Gasteiger partial charge < -0.3 is 10.2 Å². The normalized spacial score (nSPS) is 15.5. The van der Waals surface area contributed by atoms with Crippen molar-refractivity contribution in [1.29, 1.82) is 0 Å². The van der Waals surface area contributed by atoms with Crippen LogP contribution < -0.4 is 5.32 Å². The van der Waals surface area contributed by atoms with Crippen LogP contribution in [0.2, 0.25) is 0 Å². The number of aliphatic imine (C=N–C) groups is 1. The SMILES string of the molecule is CCN(CCCNC(=NC)N1CCc2ccccc2C1)S(C)(=O)=O. The fraction of sp³-hybridized carbons (Fsp3) is 0.588. The monoisotopic (exact) mass is 352 g/mol. The van der Waals surface area contributed by atoms with Crippen molar-refractivity contribution in [3.05, 3.63) is 35.4 Å². The Morgan fingerprint density at radius 1 is 1.33 bits per heavy atom. The second kappa shape index (κ2) is 8.48. The van der Waals surface area contributed by atoms with Crippen LogP contribution in [-0.4, -0.2) is 63.1 Å². The first-order valence-corrected chi connectivity index (χ1v) is 10.3. The molecule has 1 aliphatic heterocycles. The zero-order valence-electron chi connectivity index (χ0n) is 14.8. The van der Waals surface area contributed by atoms with Gasteiger partial charge in [0.25, 0.3) is 0 Å². The van der Waals surface area contributed by atoms with Crippen LogP contribution in [0.3, 0.4) is 0 Å². The molecule has 0 fully saturated rings. The molecule has 0 spiro atoms. The van der Waals surface area contributed by atoms with E-state index in [0.717, 1.165) is 31.9 Å². The molecule has 0 amide bonds. The Morgan fingerprint density at radius 2 is 2.04 bits per heavy atom. The van der Waals surface area contributed by atoms with Crippen molar-refractivity contribution in [1.82, 2.24) is 14.5 Å². The van der Waals surface area contributed by atoms with Gasteiger partial charge in [-0.25, -0.2) is 12.7 Å². The lowest BCUT2D eigenvalue weighted by Crippen LogP contribution is -2.44. The molecule has 0 saturated carbocycles. The number of sulfonamides is 1.